The number of carbonyl (C=O) groups is 2. The average Bonchev–Trinajstić information content (AvgIpc) is 3.57. The number of carbonyl (C=O) groups excluding carboxylic acids is 2. The van der Waals surface area contributed by atoms with Gasteiger partial charge in [-0.3, -0.25) is 19.5 Å². The van der Waals surface area contributed by atoms with Crippen LogP contribution < -0.4 is 43.7 Å². The van der Waals surface area contributed by atoms with Gasteiger partial charge < -0.3 is 43.7 Å². The number of ether oxygens (including phenoxy) is 2. The summed E-state index contributed by atoms with van der Waals surface area (Å²) < 4.78 is 98.4. The van der Waals surface area contributed by atoms with E-state index in [1.807, 2.05) is 28.7 Å². The quantitative estimate of drug-likeness (QED) is 0.0124. The van der Waals surface area contributed by atoms with E-state index in [1.54, 1.807) is 30.4 Å². The molecule has 1 atom stereocenters. The first-order valence-corrected chi connectivity index (χ1v) is 22.8. The zero-order valence-corrected chi connectivity index (χ0v) is 47.0. The second kappa shape index (κ2) is 37.2. The minimum Gasteiger partial charge on any atom is -1.00 e. The standard InChI is InChI=1S/C21H20F3N3O2.C10H10FI.C9H6F2O.C7H4FIO.C3H5.C2H7N3.BrH.Mg/c1-3-4-5-13-12-15(8-11-17(13)22)21(18(28)27(2)20(25)26-21)14-6-9-16(10-7-14)29-19(23)24;1-2-3-4-8-7-9(12)5-6-10(8)11;1-2-7-3-5-8(6-4-7)12-9(10)11;8-7-2-1-6(9)3-5(7)4-10;1-3-2;1-5-2(3)4;;/h3,6-12,19H,1,4-5H2,2H3,(H2,25,26);2,5-7H,1,3-4H2;1,3-6,9H;1-4H;3H,1-2H2;1H3,(H4,3,4,5);1H;/q;;;;-1;;;+2/p-1. The van der Waals surface area contributed by atoms with Gasteiger partial charge in [0.15, 0.2) is 23.7 Å². The van der Waals surface area contributed by atoms with Crippen LogP contribution in [0.25, 0.3) is 0 Å². The van der Waals surface area contributed by atoms with Crippen molar-refractivity contribution in [2.45, 2.75) is 44.4 Å². The number of benzene rings is 5. The summed E-state index contributed by atoms with van der Waals surface area (Å²) in [7, 11) is 3.02. The summed E-state index contributed by atoms with van der Waals surface area (Å²) in [5, 5.41) is 0. The van der Waals surface area contributed by atoms with Crippen LogP contribution in [0.1, 0.15) is 51.0 Å². The number of aryl methyl sites for hydroxylation is 2. The van der Waals surface area contributed by atoms with E-state index in [0.717, 1.165) is 25.5 Å². The van der Waals surface area contributed by atoms with E-state index in [2.05, 4.69) is 74.6 Å². The third kappa shape index (κ3) is 24.4. The molecule has 1 unspecified atom stereocenters. The van der Waals surface area contributed by atoms with Crippen LogP contribution in [0.5, 0.6) is 11.5 Å². The fourth-order valence-corrected chi connectivity index (χ4v) is 6.71. The van der Waals surface area contributed by atoms with Crippen LogP contribution >= 0.6 is 45.2 Å². The van der Waals surface area contributed by atoms with E-state index in [4.69, 9.17) is 23.6 Å². The number of rotatable bonds is 13. The summed E-state index contributed by atoms with van der Waals surface area (Å²) in [6, 6.07) is 25.4. The molecule has 1 amide bonds. The van der Waals surface area contributed by atoms with E-state index in [0.29, 0.717) is 41.4 Å². The summed E-state index contributed by atoms with van der Waals surface area (Å²) in [6.07, 6.45) is 13.1. The molecule has 6 rings (SSSR count). The monoisotopic (exact) mass is 1310 g/mol. The van der Waals surface area contributed by atoms with E-state index in [9.17, 15) is 40.3 Å². The maximum absolute atomic E-state index is 14.3. The Morgan fingerprint density at radius 1 is 0.795 bits per heavy atom. The van der Waals surface area contributed by atoms with Gasteiger partial charge in [0, 0.05) is 26.8 Å². The molecule has 0 aromatic heterocycles. The van der Waals surface area contributed by atoms with Gasteiger partial charge in [0.2, 0.25) is 0 Å². The van der Waals surface area contributed by atoms with Crippen molar-refractivity contribution in [3.63, 3.8) is 0 Å². The van der Waals surface area contributed by atoms with Crippen LogP contribution in [0.3, 0.4) is 0 Å². The molecule has 0 fully saturated rings. The second-order valence-corrected chi connectivity index (χ2v) is 16.4. The number of allylic oxidation sites excluding steroid dienone is 3. The normalized spacial score (nSPS) is 12.6. The van der Waals surface area contributed by atoms with Gasteiger partial charge >= 0.3 is 36.3 Å². The van der Waals surface area contributed by atoms with Crippen LogP contribution in [-0.4, -0.2) is 79.4 Å². The van der Waals surface area contributed by atoms with Crippen LogP contribution in [0, 0.1) is 43.9 Å². The zero-order valence-electron chi connectivity index (χ0n) is 39.7. The predicted octanol–water partition coefficient (Wildman–Crippen LogP) is 8.16. The van der Waals surface area contributed by atoms with Gasteiger partial charge in [-0.15, -0.1) is 19.6 Å². The van der Waals surface area contributed by atoms with Crippen molar-refractivity contribution in [3.05, 3.63) is 206 Å². The molecule has 10 nitrogen and oxygen atoms in total. The molecule has 6 N–H and O–H groups in total. The maximum atomic E-state index is 14.3. The van der Waals surface area contributed by atoms with E-state index in [-0.39, 0.29) is 74.8 Å². The summed E-state index contributed by atoms with van der Waals surface area (Å²) in [6.45, 7) is 7.99. The van der Waals surface area contributed by atoms with Gasteiger partial charge in [-0.25, -0.2) is 37.7 Å². The number of hydrogen-bond acceptors (Lipinski definition) is 7. The largest absolute Gasteiger partial charge is 2.00 e. The third-order valence-electron chi connectivity index (χ3n) is 9.03. The number of alkyl halides is 4. The molecular formula is C52H52BrF7I2MgN6O4. The molecule has 0 aliphatic carbocycles. The van der Waals surface area contributed by atoms with Crippen molar-refractivity contribution in [1.82, 2.24) is 4.90 Å². The molecule has 0 saturated heterocycles. The molecule has 1 aliphatic heterocycles. The molecule has 5 aromatic carbocycles. The Balaban J connectivity index is 0. The van der Waals surface area contributed by atoms with Crippen molar-refractivity contribution in [1.29, 1.82) is 0 Å². The SMILES string of the molecule is C#Cc1ccc(OC(F)F)cc1.C=CCCc1cc(C2(c3ccc(OC(F)F)cc3)N=C(N)N(C)C2=O)ccc1F.C=CCCc1cc(I)ccc1F.C=C[CH2-].CN=C(N)N.O=Cc1cc(I)ccc1F.[Br-].[Mg+2]. The number of guanidine groups is 2. The Bertz CT molecular complexity index is 2620. The summed E-state index contributed by atoms with van der Waals surface area (Å²) in [5.74, 6) is 1.14. The van der Waals surface area contributed by atoms with Crippen LogP contribution in [0.2, 0.25) is 0 Å². The molecule has 1 aliphatic rings. The molecule has 21 heteroatoms. The number of likely N-dealkylation sites (N-methyl/N-ethyl adjacent to an activating group) is 1. The van der Waals surface area contributed by atoms with E-state index >= 15 is 0 Å². The van der Waals surface area contributed by atoms with E-state index in [1.165, 1.54) is 104 Å². The first-order valence-electron chi connectivity index (χ1n) is 20.6. The minimum absolute atomic E-state index is 0. The maximum Gasteiger partial charge on any atom is 2.00 e. The average molecular weight is 1320 g/mol. The second-order valence-electron chi connectivity index (χ2n) is 13.9. The van der Waals surface area contributed by atoms with Crippen molar-refractivity contribution in [2.75, 3.05) is 14.1 Å². The molecule has 0 radical (unpaired) electrons. The molecule has 73 heavy (non-hydrogen) atoms. The Kier molecular flexibility index (Phi) is 35.4. The predicted molar refractivity (Wildman–Crippen MR) is 289 cm³/mol. The molecule has 386 valence electrons. The Labute approximate surface area is 475 Å². The number of terminal acetylenes is 1. The van der Waals surface area contributed by atoms with Crippen LogP contribution in [0.15, 0.2) is 151 Å². The fourth-order valence-electron chi connectivity index (χ4n) is 5.64. The summed E-state index contributed by atoms with van der Waals surface area (Å²) >= 11 is 4.20. The van der Waals surface area contributed by atoms with Gasteiger partial charge in [-0.05, 0) is 178 Å². The zero-order chi connectivity index (χ0) is 53.7. The molecule has 1 heterocycles. The van der Waals surface area contributed by atoms with Crippen molar-refractivity contribution < 1.29 is 66.8 Å². The minimum atomic E-state index is -2.97. The molecule has 0 spiro atoms. The number of hydrogen-bond donors (Lipinski definition) is 3. The van der Waals surface area contributed by atoms with Gasteiger partial charge in [-0.2, -0.15) is 17.6 Å². The first-order chi connectivity index (χ1) is 33.7. The third-order valence-corrected chi connectivity index (χ3v) is 10.4. The van der Waals surface area contributed by atoms with Gasteiger partial charge in [-0.1, -0.05) is 36.3 Å². The number of aldehydes is 1. The molecular weight excluding hydrogens is 1260 g/mol. The number of aliphatic imine (C=N–C) groups is 2. The van der Waals surface area contributed by atoms with Crippen LogP contribution in [0.4, 0.5) is 30.7 Å². The number of amides is 1. The van der Waals surface area contributed by atoms with Gasteiger partial charge in [0.1, 0.15) is 29.0 Å². The smallest absolute Gasteiger partial charge is 1.00 e. The molecule has 0 saturated carbocycles. The van der Waals surface area contributed by atoms with Crippen molar-refractivity contribution in [3.8, 4) is 23.8 Å². The summed E-state index contributed by atoms with van der Waals surface area (Å²) in [4.78, 5) is 32.3. The Morgan fingerprint density at radius 3 is 1.59 bits per heavy atom. The molecule has 0 bridgehead atoms. The number of nitrogens with two attached hydrogens (primary N) is 3. The first kappa shape index (κ1) is 69.5. The van der Waals surface area contributed by atoms with Crippen molar-refractivity contribution >= 4 is 92.3 Å². The fraction of sp³-hybridized carbons (Fsp3) is 0.173. The van der Waals surface area contributed by atoms with Crippen LogP contribution in [-0.2, 0) is 23.2 Å². The van der Waals surface area contributed by atoms with Gasteiger partial charge in [0.05, 0.1) is 5.56 Å². The Morgan fingerprint density at radius 2 is 1.21 bits per heavy atom. The number of nitrogens with zero attached hydrogens (tertiary/aromatic N) is 3. The summed E-state index contributed by atoms with van der Waals surface area (Å²) in [5.41, 5.74) is 16.8. The van der Waals surface area contributed by atoms with Crippen molar-refractivity contribution in [2.24, 2.45) is 27.2 Å². The van der Waals surface area contributed by atoms with Gasteiger partial charge in [0.25, 0.3) is 5.91 Å². The molecule has 5 aromatic rings. The Hall–Kier alpha value is -5.55. The van der Waals surface area contributed by atoms with E-state index < -0.39 is 36.3 Å². The topological polar surface area (TPSA) is 159 Å². The number of halogens is 10.